The van der Waals surface area contributed by atoms with Crippen molar-refractivity contribution in [3.8, 4) is 5.75 Å². The van der Waals surface area contributed by atoms with E-state index in [2.05, 4.69) is 0 Å². The van der Waals surface area contributed by atoms with Crippen LogP contribution in [-0.4, -0.2) is 17.2 Å². The molecule has 0 bridgehead atoms. The number of hydrogen-bond donors (Lipinski definition) is 1. The molecule has 0 saturated carbocycles. The first-order chi connectivity index (χ1) is 11.0. The summed E-state index contributed by atoms with van der Waals surface area (Å²) in [6.45, 7) is 0. The molecule has 1 aromatic heterocycles. The zero-order valence-corrected chi connectivity index (χ0v) is 12.2. The molecule has 0 fully saturated rings. The third-order valence-corrected chi connectivity index (χ3v) is 4.20. The molecule has 1 N–H and O–H groups in total. The minimum atomic E-state index is -1.13. The van der Waals surface area contributed by atoms with Crippen molar-refractivity contribution in [3.05, 3.63) is 50.9 Å². The lowest BCUT2D eigenvalue weighted by molar-refractivity contribution is -0.144. The van der Waals surface area contributed by atoms with Crippen molar-refractivity contribution in [3.63, 3.8) is 0 Å². The van der Waals surface area contributed by atoms with E-state index in [0.717, 1.165) is 0 Å². The predicted octanol–water partition coefficient (Wildman–Crippen LogP) is 3.13. The fraction of sp³-hybridized carbons (Fsp3) is 0.125. The Labute approximate surface area is 132 Å². The lowest BCUT2D eigenvalue weighted by Gasteiger charge is -2.08. The van der Waals surface area contributed by atoms with Gasteiger partial charge in [0.2, 0.25) is 5.43 Å². The number of carboxylic acid groups (broad SMARTS) is 1. The lowest BCUT2D eigenvalue weighted by atomic mass is 10.1. The standard InChI is InChI=1S/C16H8ClFO5/c17-12-14-6(5-10(23-14)16(20)21)4-7-13(19)11-8(18)2-1-3-9(11)22-15(7)12/h1-4,10H,5H2,(H,20,21). The van der Waals surface area contributed by atoms with E-state index in [1.807, 2.05) is 0 Å². The van der Waals surface area contributed by atoms with Crippen LogP contribution < -0.4 is 10.2 Å². The SMILES string of the molecule is O=C(O)C1Cc2cc3c(=O)c4c(F)cccc4oc3c(Cl)c2O1. The van der Waals surface area contributed by atoms with E-state index in [1.54, 1.807) is 0 Å². The second kappa shape index (κ2) is 4.70. The first kappa shape index (κ1) is 14.0. The summed E-state index contributed by atoms with van der Waals surface area (Å²) in [5.74, 6) is -1.63. The maximum Gasteiger partial charge on any atom is 0.345 e. The van der Waals surface area contributed by atoms with Crippen molar-refractivity contribution in [2.75, 3.05) is 0 Å². The van der Waals surface area contributed by atoms with Crippen molar-refractivity contribution in [1.29, 1.82) is 0 Å². The van der Waals surface area contributed by atoms with Crippen molar-refractivity contribution < 1.29 is 23.4 Å². The van der Waals surface area contributed by atoms with Gasteiger partial charge in [-0.3, -0.25) is 4.79 Å². The third-order valence-electron chi connectivity index (χ3n) is 3.85. The number of aliphatic carboxylic acids is 1. The van der Waals surface area contributed by atoms with E-state index in [0.29, 0.717) is 5.56 Å². The molecule has 0 amide bonds. The summed E-state index contributed by atoms with van der Waals surface area (Å²) >= 11 is 6.22. The molecule has 116 valence electrons. The summed E-state index contributed by atoms with van der Waals surface area (Å²) in [5.41, 5.74) is 0.0531. The van der Waals surface area contributed by atoms with Crippen LogP contribution in [0.15, 0.2) is 33.5 Å². The Balaban J connectivity index is 2.09. The molecule has 23 heavy (non-hydrogen) atoms. The molecule has 0 spiro atoms. The zero-order valence-electron chi connectivity index (χ0n) is 11.4. The second-order valence-corrected chi connectivity index (χ2v) is 5.63. The number of benzene rings is 2. The Morgan fingerprint density at radius 1 is 1.39 bits per heavy atom. The van der Waals surface area contributed by atoms with Crippen LogP contribution in [0, 0.1) is 5.82 Å². The molecule has 2 aromatic carbocycles. The largest absolute Gasteiger partial charge is 0.478 e. The van der Waals surface area contributed by atoms with Gasteiger partial charge in [0.15, 0.2) is 11.7 Å². The first-order valence-corrected chi connectivity index (χ1v) is 7.11. The third kappa shape index (κ3) is 1.91. The van der Waals surface area contributed by atoms with E-state index >= 15 is 0 Å². The Kier molecular flexibility index (Phi) is 2.86. The van der Waals surface area contributed by atoms with Crippen LogP contribution >= 0.6 is 11.6 Å². The van der Waals surface area contributed by atoms with Crippen LogP contribution in [0.1, 0.15) is 5.56 Å². The molecular formula is C16H8ClFO5. The highest BCUT2D eigenvalue weighted by atomic mass is 35.5. The first-order valence-electron chi connectivity index (χ1n) is 6.73. The van der Waals surface area contributed by atoms with Gasteiger partial charge in [0, 0.05) is 12.0 Å². The van der Waals surface area contributed by atoms with Gasteiger partial charge in [0.1, 0.15) is 27.6 Å². The Hall–Kier alpha value is -2.60. The molecule has 0 saturated heterocycles. The minimum Gasteiger partial charge on any atom is -0.478 e. The van der Waals surface area contributed by atoms with Gasteiger partial charge < -0.3 is 14.3 Å². The summed E-state index contributed by atoms with van der Waals surface area (Å²) in [6.07, 6.45) is -0.990. The molecule has 0 aliphatic carbocycles. The molecule has 7 heteroatoms. The molecular weight excluding hydrogens is 327 g/mol. The number of ether oxygens (including phenoxy) is 1. The average Bonchev–Trinajstić information content (AvgIpc) is 2.94. The number of rotatable bonds is 1. The van der Waals surface area contributed by atoms with Crippen LogP contribution in [0.4, 0.5) is 4.39 Å². The van der Waals surface area contributed by atoms with Crippen LogP contribution in [0.5, 0.6) is 5.75 Å². The predicted molar refractivity (Wildman–Crippen MR) is 80.7 cm³/mol. The fourth-order valence-corrected chi connectivity index (χ4v) is 3.10. The normalized spacial score (nSPS) is 16.5. The molecule has 1 unspecified atom stereocenters. The molecule has 1 atom stereocenters. The number of halogens is 2. The van der Waals surface area contributed by atoms with Crippen LogP contribution in [0.2, 0.25) is 5.02 Å². The van der Waals surface area contributed by atoms with Crippen molar-refractivity contribution in [2.24, 2.45) is 0 Å². The Morgan fingerprint density at radius 3 is 2.91 bits per heavy atom. The van der Waals surface area contributed by atoms with E-state index in [4.69, 9.17) is 25.9 Å². The van der Waals surface area contributed by atoms with Gasteiger partial charge in [0.05, 0.1) is 5.39 Å². The maximum atomic E-state index is 13.9. The Bertz CT molecular complexity index is 1060. The van der Waals surface area contributed by atoms with E-state index in [9.17, 15) is 14.0 Å². The summed E-state index contributed by atoms with van der Waals surface area (Å²) in [6, 6.07) is 5.51. The van der Waals surface area contributed by atoms with Crippen LogP contribution in [0.25, 0.3) is 21.9 Å². The topological polar surface area (TPSA) is 76.7 Å². The molecule has 0 radical (unpaired) electrons. The number of carboxylic acids is 1. The van der Waals surface area contributed by atoms with Crippen molar-refractivity contribution in [2.45, 2.75) is 12.5 Å². The lowest BCUT2D eigenvalue weighted by Crippen LogP contribution is -2.24. The highest BCUT2D eigenvalue weighted by Gasteiger charge is 2.32. The van der Waals surface area contributed by atoms with E-state index in [1.165, 1.54) is 24.3 Å². The van der Waals surface area contributed by atoms with E-state index < -0.39 is 23.3 Å². The molecule has 1 aliphatic heterocycles. The van der Waals surface area contributed by atoms with E-state index in [-0.39, 0.29) is 39.1 Å². The Morgan fingerprint density at radius 2 is 2.17 bits per heavy atom. The molecule has 4 rings (SSSR count). The molecule has 5 nitrogen and oxygen atoms in total. The van der Waals surface area contributed by atoms with Gasteiger partial charge in [-0.15, -0.1) is 0 Å². The highest BCUT2D eigenvalue weighted by molar-refractivity contribution is 6.36. The van der Waals surface area contributed by atoms with Gasteiger partial charge >= 0.3 is 5.97 Å². The molecule has 2 heterocycles. The maximum absolute atomic E-state index is 13.9. The average molecular weight is 335 g/mol. The second-order valence-electron chi connectivity index (χ2n) is 5.25. The highest BCUT2D eigenvalue weighted by Crippen LogP contribution is 2.41. The minimum absolute atomic E-state index is 0.0181. The summed E-state index contributed by atoms with van der Waals surface area (Å²) < 4.78 is 24.8. The van der Waals surface area contributed by atoms with Gasteiger partial charge in [-0.25, -0.2) is 9.18 Å². The summed E-state index contributed by atoms with van der Waals surface area (Å²) in [5, 5.41) is 9.01. The van der Waals surface area contributed by atoms with Gasteiger partial charge in [-0.05, 0) is 18.2 Å². The van der Waals surface area contributed by atoms with Crippen molar-refractivity contribution in [1.82, 2.24) is 0 Å². The van der Waals surface area contributed by atoms with Crippen LogP contribution in [0.3, 0.4) is 0 Å². The number of carbonyl (C=O) groups is 1. The van der Waals surface area contributed by atoms with Gasteiger partial charge in [-0.1, -0.05) is 17.7 Å². The zero-order chi connectivity index (χ0) is 16.3. The summed E-state index contributed by atoms with van der Waals surface area (Å²) in [4.78, 5) is 23.6. The molecule has 3 aromatic rings. The molecule has 1 aliphatic rings. The summed E-state index contributed by atoms with van der Waals surface area (Å²) in [7, 11) is 0. The van der Waals surface area contributed by atoms with Crippen molar-refractivity contribution >= 4 is 39.5 Å². The fourth-order valence-electron chi connectivity index (χ4n) is 2.79. The van der Waals surface area contributed by atoms with Crippen LogP contribution in [-0.2, 0) is 11.2 Å². The number of fused-ring (bicyclic) bond motifs is 3. The number of hydrogen-bond acceptors (Lipinski definition) is 4. The monoisotopic (exact) mass is 334 g/mol. The quantitative estimate of drug-likeness (QED) is 0.692. The smallest absolute Gasteiger partial charge is 0.345 e. The van der Waals surface area contributed by atoms with Gasteiger partial charge in [0.25, 0.3) is 0 Å². The van der Waals surface area contributed by atoms with Gasteiger partial charge in [-0.2, -0.15) is 0 Å².